The summed E-state index contributed by atoms with van der Waals surface area (Å²) in [6.45, 7) is 0.0766. The van der Waals surface area contributed by atoms with E-state index >= 15 is 0 Å². The summed E-state index contributed by atoms with van der Waals surface area (Å²) in [5, 5.41) is 2.80. The van der Waals surface area contributed by atoms with Crippen molar-refractivity contribution in [1.82, 2.24) is 9.97 Å². The number of hydrogen-bond acceptors (Lipinski definition) is 5. The lowest BCUT2D eigenvalue weighted by Crippen LogP contribution is -2.04. The third-order valence-electron chi connectivity index (χ3n) is 3.44. The summed E-state index contributed by atoms with van der Waals surface area (Å²) in [6, 6.07) is 11.5. The van der Waals surface area contributed by atoms with Crippen LogP contribution in [0.1, 0.15) is 16.1 Å². The summed E-state index contributed by atoms with van der Waals surface area (Å²) >= 11 is 1.55. The van der Waals surface area contributed by atoms with E-state index in [4.69, 9.17) is 9.15 Å². The van der Waals surface area contributed by atoms with Crippen LogP contribution < -0.4 is 0 Å². The molecule has 3 aromatic heterocycles. The Morgan fingerprint density at radius 3 is 3.04 bits per heavy atom. The van der Waals surface area contributed by atoms with Gasteiger partial charge in [-0.15, -0.1) is 11.3 Å². The van der Waals surface area contributed by atoms with Crippen LogP contribution in [-0.2, 0) is 11.3 Å². The number of fused-ring (bicyclic) bond motifs is 1. The Labute approximate surface area is 135 Å². The molecule has 5 nitrogen and oxygen atoms in total. The fourth-order valence-corrected chi connectivity index (χ4v) is 3.00. The number of nitrogens with one attached hydrogen (secondary N) is 1. The molecule has 4 aromatic rings. The lowest BCUT2D eigenvalue weighted by atomic mass is 10.2. The van der Waals surface area contributed by atoms with Gasteiger partial charge < -0.3 is 14.1 Å². The second-order valence-electron chi connectivity index (χ2n) is 4.95. The number of aromatic amines is 1. The van der Waals surface area contributed by atoms with Crippen LogP contribution in [0.4, 0.5) is 0 Å². The predicted molar refractivity (Wildman–Crippen MR) is 87.2 cm³/mol. The molecule has 0 atom stereocenters. The van der Waals surface area contributed by atoms with Crippen LogP contribution in [0.25, 0.3) is 21.7 Å². The largest absolute Gasteiger partial charge is 0.455 e. The van der Waals surface area contributed by atoms with E-state index in [9.17, 15) is 4.79 Å². The molecule has 1 N–H and O–H groups in total. The number of nitrogens with zero attached hydrogens (tertiary/aromatic N) is 1. The van der Waals surface area contributed by atoms with Gasteiger partial charge >= 0.3 is 5.97 Å². The summed E-state index contributed by atoms with van der Waals surface area (Å²) in [4.78, 5) is 20.6. The normalized spacial score (nSPS) is 11.0. The third kappa shape index (κ3) is 2.64. The first kappa shape index (κ1) is 13.8. The van der Waals surface area contributed by atoms with Gasteiger partial charge in [0.2, 0.25) is 5.89 Å². The summed E-state index contributed by atoms with van der Waals surface area (Å²) in [5.74, 6) is 0.154. The van der Waals surface area contributed by atoms with Crippen molar-refractivity contribution >= 4 is 28.2 Å². The highest BCUT2D eigenvalue weighted by molar-refractivity contribution is 7.13. The number of esters is 1. The SMILES string of the molecule is O=C(OCc1coc(-c2cccs2)n1)c1c[nH]c2ccccc12. The van der Waals surface area contributed by atoms with E-state index in [-0.39, 0.29) is 12.6 Å². The molecule has 0 aliphatic heterocycles. The van der Waals surface area contributed by atoms with Crippen molar-refractivity contribution in [3.8, 4) is 10.8 Å². The fourth-order valence-electron chi connectivity index (χ4n) is 2.34. The minimum atomic E-state index is -0.386. The topological polar surface area (TPSA) is 68.1 Å². The van der Waals surface area contributed by atoms with Crippen LogP contribution in [0.2, 0.25) is 0 Å². The molecule has 0 bridgehead atoms. The van der Waals surface area contributed by atoms with Crippen molar-refractivity contribution in [3.63, 3.8) is 0 Å². The zero-order chi connectivity index (χ0) is 15.6. The molecule has 6 heteroatoms. The molecular weight excluding hydrogens is 312 g/mol. The number of H-pyrrole nitrogens is 1. The van der Waals surface area contributed by atoms with Gasteiger partial charge in [0.15, 0.2) is 0 Å². The number of carbonyl (C=O) groups is 1. The van der Waals surface area contributed by atoms with Crippen molar-refractivity contribution < 1.29 is 13.9 Å². The van der Waals surface area contributed by atoms with Gasteiger partial charge in [-0.3, -0.25) is 0 Å². The Kier molecular flexibility index (Phi) is 3.44. The number of hydrogen-bond donors (Lipinski definition) is 1. The van der Waals surface area contributed by atoms with Gasteiger partial charge in [0.05, 0.1) is 10.4 Å². The van der Waals surface area contributed by atoms with Crippen molar-refractivity contribution in [2.24, 2.45) is 0 Å². The van der Waals surface area contributed by atoms with Crippen molar-refractivity contribution in [1.29, 1.82) is 0 Å². The Morgan fingerprint density at radius 1 is 1.26 bits per heavy atom. The maximum absolute atomic E-state index is 12.2. The van der Waals surface area contributed by atoms with E-state index in [1.807, 2.05) is 41.8 Å². The van der Waals surface area contributed by atoms with Gasteiger partial charge in [0.25, 0.3) is 0 Å². The zero-order valence-corrected chi connectivity index (χ0v) is 12.8. The van der Waals surface area contributed by atoms with Crippen molar-refractivity contribution in [3.05, 3.63) is 65.5 Å². The maximum Gasteiger partial charge on any atom is 0.340 e. The van der Waals surface area contributed by atoms with Crippen molar-refractivity contribution in [2.45, 2.75) is 6.61 Å². The number of para-hydroxylation sites is 1. The zero-order valence-electron chi connectivity index (χ0n) is 12.0. The van der Waals surface area contributed by atoms with E-state index in [1.54, 1.807) is 17.5 Å². The highest BCUT2D eigenvalue weighted by atomic mass is 32.1. The number of aromatic nitrogens is 2. The minimum absolute atomic E-state index is 0.0766. The van der Waals surface area contributed by atoms with Crippen LogP contribution >= 0.6 is 11.3 Å². The average molecular weight is 324 g/mol. The number of carbonyl (C=O) groups excluding carboxylic acids is 1. The fraction of sp³-hybridized carbons (Fsp3) is 0.0588. The first-order chi connectivity index (χ1) is 11.3. The Balaban J connectivity index is 1.48. The molecule has 0 unspecified atom stereocenters. The van der Waals surface area contributed by atoms with Crippen LogP contribution in [0.5, 0.6) is 0 Å². The summed E-state index contributed by atoms with van der Waals surface area (Å²) in [7, 11) is 0. The molecule has 0 amide bonds. The quantitative estimate of drug-likeness (QED) is 0.570. The number of benzene rings is 1. The number of thiophene rings is 1. The molecule has 0 aliphatic carbocycles. The van der Waals surface area contributed by atoms with E-state index in [1.165, 1.54) is 6.26 Å². The van der Waals surface area contributed by atoms with Gasteiger partial charge in [-0.25, -0.2) is 9.78 Å². The first-order valence-electron chi connectivity index (χ1n) is 7.03. The Bertz CT molecular complexity index is 953. The van der Waals surface area contributed by atoms with Crippen LogP contribution in [-0.4, -0.2) is 15.9 Å². The molecule has 114 valence electrons. The lowest BCUT2D eigenvalue weighted by molar-refractivity contribution is 0.0470. The highest BCUT2D eigenvalue weighted by Crippen LogP contribution is 2.24. The maximum atomic E-state index is 12.2. The second-order valence-corrected chi connectivity index (χ2v) is 5.89. The second kappa shape index (κ2) is 5.73. The van der Waals surface area contributed by atoms with Gasteiger partial charge in [-0.2, -0.15) is 0 Å². The molecular formula is C17H12N2O3S. The van der Waals surface area contributed by atoms with E-state index < -0.39 is 0 Å². The third-order valence-corrected chi connectivity index (χ3v) is 4.30. The molecule has 0 aliphatic rings. The lowest BCUT2D eigenvalue weighted by Gasteiger charge is -2.01. The van der Waals surface area contributed by atoms with Gasteiger partial charge in [0, 0.05) is 17.1 Å². The standard InChI is InChI=1S/C17H12N2O3S/c20-17(13-8-18-14-5-2-1-4-12(13)14)22-10-11-9-21-16(19-11)15-6-3-7-23-15/h1-9,18H,10H2. The Morgan fingerprint density at radius 2 is 2.17 bits per heavy atom. The van der Waals surface area contributed by atoms with Gasteiger partial charge in [-0.1, -0.05) is 24.3 Å². The summed E-state index contributed by atoms with van der Waals surface area (Å²) < 4.78 is 10.7. The minimum Gasteiger partial charge on any atom is -0.455 e. The molecule has 23 heavy (non-hydrogen) atoms. The molecule has 0 saturated carbocycles. The molecule has 1 aromatic carbocycles. The van der Waals surface area contributed by atoms with Crippen LogP contribution in [0.3, 0.4) is 0 Å². The molecule has 0 saturated heterocycles. The molecule has 0 radical (unpaired) electrons. The predicted octanol–water partition coefficient (Wildman–Crippen LogP) is 4.24. The van der Waals surface area contributed by atoms with Crippen LogP contribution in [0, 0.1) is 0 Å². The molecule has 0 spiro atoms. The molecule has 3 heterocycles. The monoisotopic (exact) mass is 324 g/mol. The number of rotatable bonds is 4. The highest BCUT2D eigenvalue weighted by Gasteiger charge is 2.14. The van der Waals surface area contributed by atoms with Gasteiger partial charge in [-0.05, 0) is 17.5 Å². The molecule has 4 rings (SSSR count). The smallest absolute Gasteiger partial charge is 0.340 e. The van der Waals surface area contributed by atoms with Gasteiger partial charge in [0.1, 0.15) is 18.6 Å². The summed E-state index contributed by atoms with van der Waals surface area (Å²) in [6.07, 6.45) is 3.17. The molecule has 0 fully saturated rings. The van der Waals surface area contributed by atoms with Crippen LogP contribution in [0.15, 0.2) is 58.7 Å². The first-order valence-corrected chi connectivity index (χ1v) is 7.91. The van der Waals surface area contributed by atoms with E-state index in [0.29, 0.717) is 17.1 Å². The number of oxazole rings is 1. The van der Waals surface area contributed by atoms with Crippen molar-refractivity contribution in [2.75, 3.05) is 0 Å². The Hall–Kier alpha value is -2.86. The number of ether oxygens (including phenoxy) is 1. The van der Waals surface area contributed by atoms with E-state index in [0.717, 1.165) is 15.8 Å². The summed E-state index contributed by atoms with van der Waals surface area (Å²) in [5.41, 5.74) is 2.00. The van der Waals surface area contributed by atoms with E-state index in [2.05, 4.69) is 9.97 Å². The average Bonchev–Trinajstić information content (AvgIpc) is 3.31.